The van der Waals surface area contributed by atoms with Crippen LogP contribution in [0.15, 0.2) is 0 Å². The van der Waals surface area contributed by atoms with Crippen molar-refractivity contribution in [2.75, 3.05) is 0 Å². The summed E-state index contributed by atoms with van der Waals surface area (Å²) in [5.74, 6) is 0.840. The molecule has 0 aromatic heterocycles. The maximum absolute atomic E-state index is 6.44. The van der Waals surface area contributed by atoms with E-state index in [1.165, 1.54) is 0 Å². The minimum Gasteiger partial charge on any atom is -0.402 e. The average Bonchev–Trinajstić information content (AvgIpc) is 2.39. The lowest BCUT2D eigenvalue weighted by molar-refractivity contribution is 0.00578. The van der Waals surface area contributed by atoms with Crippen molar-refractivity contribution in [3.8, 4) is 0 Å². The van der Waals surface area contributed by atoms with Crippen molar-refractivity contribution in [1.82, 2.24) is 4.23 Å². The highest BCUT2D eigenvalue weighted by Gasteiger charge is 2.57. The van der Waals surface area contributed by atoms with E-state index in [9.17, 15) is 0 Å². The largest absolute Gasteiger partial charge is 0.475 e. The number of hydrogen-bond acceptors (Lipinski definition) is 3. The van der Waals surface area contributed by atoms with Gasteiger partial charge in [-0.3, -0.25) is 0 Å². The SMILES string of the molecule is CC(C)C(B1OC(C)(C)C(C)(C)O1)N([Si](C)(C)C)[Si](C)(C)C. The molecule has 1 aliphatic heterocycles. The van der Waals surface area contributed by atoms with E-state index in [1.807, 2.05) is 0 Å². The van der Waals surface area contributed by atoms with Gasteiger partial charge < -0.3 is 13.5 Å². The van der Waals surface area contributed by atoms with Crippen LogP contribution in [-0.2, 0) is 9.31 Å². The highest BCUT2D eigenvalue weighted by Crippen LogP contribution is 2.41. The van der Waals surface area contributed by atoms with Gasteiger partial charge in [0.05, 0.1) is 11.2 Å². The fraction of sp³-hybridized carbons (Fsp3) is 1.00. The van der Waals surface area contributed by atoms with Gasteiger partial charge in [0.2, 0.25) is 0 Å². The second-order valence-corrected chi connectivity index (χ2v) is 20.2. The maximum Gasteiger partial charge on any atom is 0.475 e. The molecule has 1 heterocycles. The van der Waals surface area contributed by atoms with Gasteiger partial charge in [0.25, 0.3) is 0 Å². The molecule has 0 radical (unpaired) electrons. The maximum atomic E-state index is 6.44. The summed E-state index contributed by atoms with van der Waals surface area (Å²) in [6.07, 6.45) is 0. The van der Waals surface area contributed by atoms with Crippen LogP contribution in [0.25, 0.3) is 0 Å². The first-order valence-corrected chi connectivity index (χ1v) is 15.6. The predicted octanol–water partition coefficient (Wildman–Crippen LogP) is 4.61. The van der Waals surface area contributed by atoms with Crippen molar-refractivity contribution >= 4 is 23.6 Å². The Kier molecular flexibility index (Phi) is 5.60. The Morgan fingerprint density at radius 2 is 1.09 bits per heavy atom. The van der Waals surface area contributed by atoms with E-state index < -0.39 is 16.5 Å². The summed E-state index contributed by atoms with van der Waals surface area (Å²) in [6, 6.07) is 0. The normalized spacial score (nSPS) is 23.5. The van der Waals surface area contributed by atoms with Crippen LogP contribution in [0.4, 0.5) is 0 Å². The van der Waals surface area contributed by atoms with Crippen LogP contribution < -0.4 is 0 Å². The van der Waals surface area contributed by atoms with Crippen LogP contribution in [0.3, 0.4) is 0 Å². The highest BCUT2D eigenvalue weighted by molar-refractivity contribution is 6.90. The Labute approximate surface area is 141 Å². The summed E-state index contributed by atoms with van der Waals surface area (Å²) < 4.78 is 15.7. The van der Waals surface area contributed by atoms with E-state index in [-0.39, 0.29) is 18.3 Å². The van der Waals surface area contributed by atoms with E-state index >= 15 is 0 Å². The zero-order valence-electron chi connectivity index (χ0n) is 17.0. The first-order valence-electron chi connectivity index (χ1n) is 8.66. The molecule has 3 nitrogen and oxygen atoms in total. The van der Waals surface area contributed by atoms with Crippen LogP contribution >= 0.6 is 0 Å². The van der Waals surface area contributed by atoms with E-state index in [0.717, 1.165) is 0 Å². The Morgan fingerprint density at radius 3 is 1.32 bits per heavy atom. The lowest BCUT2D eigenvalue weighted by atomic mass is 9.72. The summed E-state index contributed by atoms with van der Waals surface area (Å²) in [5.41, 5.74) is -0.509. The standard InChI is InChI=1S/C16H38BNO2Si2/c1-13(2)14(18(21(7,8)9)22(10,11)12)17-19-15(3,4)16(5,6)20-17/h13-14H,1-12H3. The van der Waals surface area contributed by atoms with Crippen LogP contribution in [0, 0.1) is 5.92 Å². The van der Waals surface area contributed by atoms with Crippen molar-refractivity contribution < 1.29 is 9.31 Å². The lowest BCUT2D eigenvalue weighted by Crippen LogP contribution is -2.68. The fourth-order valence-corrected chi connectivity index (χ4v) is 14.3. The van der Waals surface area contributed by atoms with E-state index in [1.54, 1.807) is 0 Å². The van der Waals surface area contributed by atoms with E-state index in [0.29, 0.717) is 11.9 Å². The molecular weight excluding hydrogens is 305 g/mol. The molecule has 22 heavy (non-hydrogen) atoms. The van der Waals surface area contributed by atoms with E-state index in [4.69, 9.17) is 9.31 Å². The molecule has 0 aromatic carbocycles. The molecule has 0 bridgehead atoms. The van der Waals surface area contributed by atoms with Crippen LogP contribution in [-0.4, -0.2) is 45.0 Å². The Balaban J connectivity index is 3.25. The smallest absolute Gasteiger partial charge is 0.402 e. The molecule has 0 N–H and O–H groups in total. The van der Waals surface area contributed by atoms with Gasteiger partial charge in [-0.25, -0.2) is 0 Å². The predicted molar refractivity (Wildman–Crippen MR) is 103 cm³/mol. The molecular formula is C16H38BNO2Si2. The fourth-order valence-electron chi connectivity index (χ4n) is 3.66. The summed E-state index contributed by atoms with van der Waals surface area (Å²) in [4.78, 5) is 0. The Bertz CT molecular complexity index is 370. The summed E-state index contributed by atoms with van der Waals surface area (Å²) >= 11 is 0. The molecule has 1 atom stereocenters. The van der Waals surface area contributed by atoms with Gasteiger partial charge in [-0.2, -0.15) is 0 Å². The Hall–Kier alpha value is 0.379. The second-order valence-electron chi connectivity index (χ2n) is 10.1. The number of nitrogens with zero attached hydrogens (tertiary/aromatic N) is 1. The quantitative estimate of drug-likeness (QED) is 0.680. The van der Waals surface area contributed by atoms with Gasteiger partial charge in [-0.15, -0.1) is 0 Å². The lowest BCUT2D eigenvalue weighted by Gasteiger charge is -2.50. The second kappa shape index (κ2) is 6.03. The molecule has 6 heteroatoms. The van der Waals surface area contributed by atoms with Crippen LogP contribution in [0.1, 0.15) is 41.5 Å². The zero-order chi connectivity index (χ0) is 17.7. The molecule has 1 rings (SSSR count). The third-order valence-corrected chi connectivity index (χ3v) is 12.5. The first kappa shape index (κ1) is 20.4. The van der Waals surface area contributed by atoms with Crippen molar-refractivity contribution in [2.24, 2.45) is 5.92 Å². The minimum atomic E-state index is -1.47. The minimum absolute atomic E-state index is 0.136. The Morgan fingerprint density at radius 1 is 0.773 bits per heavy atom. The third kappa shape index (κ3) is 4.07. The van der Waals surface area contributed by atoms with Gasteiger partial charge in [0.1, 0.15) is 16.5 Å². The number of hydrogen-bond donors (Lipinski definition) is 0. The van der Waals surface area contributed by atoms with Crippen molar-refractivity contribution in [1.29, 1.82) is 0 Å². The van der Waals surface area contributed by atoms with Crippen molar-refractivity contribution in [3.05, 3.63) is 0 Å². The molecule has 1 saturated heterocycles. The third-order valence-electron chi connectivity index (χ3n) is 4.98. The zero-order valence-corrected chi connectivity index (χ0v) is 19.0. The van der Waals surface area contributed by atoms with Gasteiger partial charge >= 0.3 is 7.12 Å². The molecule has 0 saturated carbocycles. The molecule has 0 spiro atoms. The van der Waals surface area contributed by atoms with Crippen molar-refractivity contribution in [2.45, 2.75) is 98.0 Å². The van der Waals surface area contributed by atoms with Crippen molar-refractivity contribution in [3.63, 3.8) is 0 Å². The van der Waals surface area contributed by atoms with Crippen LogP contribution in [0.5, 0.6) is 0 Å². The van der Waals surface area contributed by atoms with Gasteiger partial charge in [0.15, 0.2) is 0 Å². The molecule has 0 aromatic rings. The topological polar surface area (TPSA) is 21.7 Å². The number of rotatable bonds is 5. The monoisotopic (exact) mass is 343 g/mol. The first-order chi connectivity index (χ1) is 9.51. The average molecular weight is 343 g/mol. The molecule has 1 aliphatic rings. The van der Waals surface area contributed by atoms with Gasteiger partial charge in [-0.1, -0.05) is 53.1 Å². The highest BCUT2D eigenvalue weighted by atomic mass is 28.4. The summed E-state index contributed by atoms with van der Waals surface area (Å²) in [6.45, 7) is 27.9. The summed E-state index contributed by atoms with van der Waals surface area (Å²) in [5, 5.41) is 0. The molecule has 0 aliphatic carbocycles. The van der Waals surface area contributed by atoms with Crippen LogP contribution in [0.2, 0.25) is 39.3 Å². The summed E-state index contributed by atoms with van der Waals surface area (Å²) in [7, 11) is -3.08. The van der Waals surface area contributed by atoms with Gasteiger partial charge in [0, 0.05) is 5.94 Å². The molecule has 130 valence electrons. The van der Waals surface area contributed by atoms with E-state index in [2.05, 4.69) is 85.1 Å². The molecule has 0 amide bonds. The molecule has 1 unspecified atom stereocenters. The molecule has 1 fully saturated rings. The van der Waals surface area contributed by atoms with Gasteiger partial charge in [-0.05, 0) is 33.6 Å².